The van der Waals surface area contributed by atoms with Crippen molar-refractivity contribution in [1.29, 1.82) is 5.26 Å². The van der Waals surface area contributed by atoms with Crippen LogP contribution in [0.15, 0.2) is 75.2 Å². The molecule has 156 valence electrons. The van der Waals surface area contributed by atoms with E-state index in [-0.39, 0.29) is 5.57 Å². The molecule has 0 saturated carbocycles. The molecule has 0 spiro atoms. The highest BCUT2D eigenvalue weighted by Crippen LogP contribution is 2.36. The number of nitrogens with zero attached hydrogens (tertiary/aromatic N) is 1. The number of nitriles is 1. The predicted molar refractivity (Wildman–Crippen MR) is 131 cm³/mol. The Balaban J connectivity index is 1.78. The number of aryl methyl sites for hydroxylation is 1. The number of hydrogen-bond acceptors (Lipinski definition) is 3. The van der Waals surface area contributed by atoms with E-state index in [1.807, 2.05) is 37.3 Å². The average molecular weight is 561 g/mol. The van der Waals surface area contributed by atoms with Gasteiger partial charge in [-0.3, -0.25) is 4.79 Å². The molecule has 3 aromatic rings. The summed E-state index contributed by atoms with van der Waals surface area (Å²) in [5, 5.41) is 12.5. The Morgan fingerprint density at radius 1 is 1.13 bits per heavy atom. The molecule has 0 aromatic heterocycles. The zero-order valence-corrected chi connectivity index (χ0v) is 20.4. The second-order valence-electron chi connectivity index (χ2n) is 6.69. The summed E-state index contributed by atoms with van der Waals surface area (Å²) in [7, 11) is 0. The van der Waals surface area contributed by atoms with Gasteiger partial charge >= 0.3 is 0 Å². The normalized spacial score (nSPS) is 11.0. The summed E-state index contributed by atoms with van der Waals surface area (Å²) in [6.07, 6.45) is 1.51. The van der Waals surface area contributed by atoms with E-state index in [0.29, 0.717) is 37.6 Å². The van der Waals surface area contributed by atoms with Crippen molar-refractivity contribution in [3.05, 3.63) is 96.9 Å². The third-order valence-electron chi connectivity index (χ3n) is 4.32. The molecule has 7 heteroatoms. The average Bonchev–Trinajstić information content (AvgIpc) is 2.74. The summed E-state index contributed by atoms with van der Waals surface area (Å²) in [6.45, 7) is 2.45. The van der Waals surface area contributed by atoms with Gasteiger partial charge in [-0.1, -0.05) is 53.6 Å². The number of ether oxygens (including phenoxy) is 1. The molecule has 1 N–H and O–H groups in total. The summed E-state index contributed by atoms with van der Waals surface area (Å²) < 4.78 is 7.34. The molecule has 0 aliphatic heterocycles. The van der Waals surface area contributed by atoms with Crippen LogP contribution in [0.25, 0.3) is 6.08 Å². The molecule has 0 aliphatic rings. The SMILES string of the molecule is Cc1ccc(COc2c(Br)cc(/C=C(\C#N)C(=O)Nc3ccccc3Cl)cc2Br)cc1. The van der Waals surface area contributed by atoms with Gasteiger partial charge in [0, 0.05) is 0 Å². The predicted octanol–water partition coefficient (Wildman–Crippen LogP) is 7.30. The van der Waals surface area contributed by atoms with Crippen LogP contribution in [-0.4, -0.2) is 5.91 Å². The fourth-order valence-corrected chi connectivity index (χ4v) is 4.34. The van der Waals surface area contributed by atoms with Crippen LogP contribution in [-0.2, 0) is 11.4 Å². The number of rotatable bonds is 6. The minimum absolute atomic E-state index is 0.0490. The van der Waals surface area contributed by atoms with Crippen molar-refractivity contribution in [3.63, 3.8) is 0 Å². The number of benzene rings is 3. The lowest BCUT2D eigenvalue weighted by Gasteiger charge is -2.12. The number of halogens is 3. The number of hydrogen-bond donors (Lipinski definition) is 1. The quantitative estimate of drug-likeness (QED) is 0.254. The lowest BCUT2D eigenvalue weighted by molar-refractivity contribution is -0.112. The Morgan fingerprint density at radius 3 is 2.39 bits per heavy atom. The van der Waals surface area contributed by atoms with Crippen LogP contribution in [0.5, 0.6) is 5.75 Å². The number of para-hydroxylation sites is 1. The van der Waals surface area contributed by atoms with Crippen LogP contribution in [0, 0.1) is 18.3 Å². The van der Waals surface area contributed by atoms with E-state index in [2.05, 4.69) is 37.2 Å². The van der Waals surface area contributed by atoms with Gasteiger partial charge in [0.15, 0.2) is 0 Å². The second-order valence-corrected chi connectivity index (χ2v) is 8.81. The summed E-state index contributed by atoms with van der Waals surface area (Å²) >= 11 is 13.1. The number of carbonyl (C=O) groups excluding carboxylic acids is 1. The lowest BCUT2D eigenvalue weighted by Crippen LogP contribution is -2.13. The molecule has 0 heterocycles. The molecule has 3 rings (SSSR count). The minimum Gasteiger partial charge on any atom is -0.487 e. The van der Waals surface area contributed by atoms with Crippen LogP contribution in [0.4, 0.5) is 5.69 Å². The third-order valence-corrected chi connectivity index (χ3v) is 5.83. The molecular formula is C24H17Br2ClN2O2. The first kappa shape index (κ1) is 23.1. The number of anilines is 1. The lowest BCUT2D eigenvalue weighted by atomic mass is 10.1. The van der Waals surface area contributed by atoms with Gasteiger partial charge in [0.1, 0.15) is 24.0 Å². The van der Waals surface area contributed by atoms with E-state index in [4.69, 9.17) is 16.3 Å². The van der Waals surface area contributed by atoms with Crippen molar-refractivity contribution in [1.82, 2.24) is 0 Å². The molecule has 0 saturated heterocycles. The van der Waals surface area contributed by atoms with E-state index in [1.165, 1.54) is 11.6 Å². The van der Waals surface area contributed by atoms with Gasteiger partial charge in [0.05, 0.1) is 19.7 Å². The molecule has 0 bridgehead atoms. The largest absolute Gasteiger partial charge is 0.487 e. The van der Waals surface area contributed by atoms with Crippen molar-refractivity contribution >= 4 is 61.1 Å². The minimum atomic E-state index is -0.539. The maximum atomic E-state index is 12.5. The van der Waals surface area contributed by atoms with Crippen LogP contribution in [0.2, 0.25) is 5.02 Å². The van der Waals surface area contributed by atoms with Gasteiger partial charge < -0.3 is 10.1 Å². The van der Waals surface area contributed by atoms with Gasteiger partial charge in [0.2, 0.25) is 0 Å². The third kappa shape index (κ3) is 6.20. The van der Waals surface area contributed by atoms with E-state index >= 15 is 0 Å². The monoisotopic (exact) mass is 558 g/mol. The van der Waals surface area contributed by atoms with E-state index in [9.17, 15) is 10.1 Å². The topological polar surface area (TPSA) is 62.1 Å². The Bertz CT molecular complexity index is 1160. The zero-order valence-electron chi connectivity index (χ0n) is 16.5. The first-order valence-electron chi connectivity index (χ1n) is 9.22. The zero-order chi connectivity index (χ0) is 22.4. The summed E-state index contributed by atoms with van der Waals surface area (Å²) in [4.78, 5) is 12.5. The smallest absolute Gasteiger partial charge is 0.266 e. The van der Waals surface area contributed by atoms with Crippen LogP contribution < -0.4 is 10.1 Å². The van der Waals surface area contributed by atoms with Crippen molar-refractivity contribution in [3.8, 4) is 11.8 Å². The van der Waals surface area contributed by atoms with E-state index in [1.54, 1.807) is 36.4 Å². The molecule has 0 unspecified atom stereocenters. The highest BCUT2D eigenvalue weighted by Gasteiger charge is 2.14. The fraction of sp³-hybridized carbons (Fsp3) is 0.0833. The van der Waals surface area contributed by atoms with Gasteiger partial charge in [-0.05, 0) is 80.3 Å². The highest BCUT2D eigenvalue weighted by molar-refractivity contribution is 9.11. The maximum absolute atomic E-state index is 12.5. The Morgan fingerprint density at radius 2 is 1.77 bits per heavy atom. The Kier molecular flexibility index (Phi) is 7.91. The molecule has 0 atom stereocenters. The molecule has 4 nitrogen and oxygen atoms in total. The molecular weight excluding hydrogens is 544 g/mol. The summed E-state index contributed by atoms with van der Waals surface area (Å²) in [5.41, 5.74) is 3.29. The van der Waals surface area contributed by atoms with Gasteiger partial charge in [-0.2, -0.15) is 5.26 Å². The van der Waals surface area contributed by atoms with Gasteiger partial charge in [0.25, 0.3) is 5.91 Å². The van der Waals surface area contributed by atoms with E-state index < -0.39 is 5.91 Å². The number of nitrogens with one attached hydrogen (secondary N) is 1. The Labute approximate surface area is 202 Å². The maximum Gasteiger partial charge on any atom is 0.266 e. The molecule has 1 amide bonds. The fourth-order valence-electron chi connectivity index (χ4n) is 2.71. The van der Waals surface area contributed by atoms with Gasteiger partial charge in [-0.25, -0.2) is 0 Å². The second kappa shape index (κ2) is 10.6. The van der Waals surface area contributed by atoms with Gasteiger partial charge in [-0.15, -0.1) is 0 Å². The standard InChI is InChI=1S/C24H17Br2ClN2O2/c1-15-6-8-16(9-7-15)14-31-23-19(25)11-17(12-20(23)26)10-18(13-28)24(30)29-22-5-3-2-4-21(22)27/h2-12H,14H2,1H3,(H,29,30)/b18-10+. The van der Waals surface area contributed by atoms with E-state index in [0.717, 1.165) is 5.56 Å². The van der Waals surface area contributed by atoms with Crippen molar-refractivity contribution in [2.75, 3.05) is 5.32 Å². The highest BCUT2D eigenvalue weighted by atomic mass is 79.9. The number of carbonyl (C=O) groups is 1. The van der Waals surface area contributed by atoms with Crippen LogP contribution in [0.3, 0.4) is 0 Å². The first-order chi connectivity index (χ1) is 14.9. The van der Waals surface area contributed by atoms with Crippen LogP contribution >= 0.6 is 43.5 Å². The molecule has 0 radical (unpaired) electrons. The molecule has 31 heavy (non-hydrogen) atoms. The molecule has 3 aromatic carbocycles. The summed E-state index contributed by atoms with van der Waals surface area (Å²) in [6, 6.07) is 20.5. The number of amides is 1. The van der Waals surface area contributed by atoms with Crippen molar-refractivity contribution < 1.29 is 9.53 Å². The molecule has 0 fully saturated rings. The Hall–Kier alpha value is -2.59. The van der Waals surface area contributed by atoms with Crippen LogP contribution in [0.1, 0.15) is 16.7 Å². The van der Waals surface area contributed by atoms with Crippen molar-refractivity contribution in [2.45, 2.75) is 13.5 Å². The van der Waals surface area contributed by atoms with Crippen molar-refractivity contribution in [2.24, 2.45) is 0 Å². The molecule has 0 aliphatic carbocycles. The summed E-state index contributed by atoms with van der Waals surface area (Å²) in [5.74, 6) is 0.0966. The first-order valence-corrected chi connectivity index (χ1v) is 11.2.